The van der Waals surface area contributed by atoms with E-state index in [9.17, 15) is 4.79 Å². The van der Waals surface area contributed by atoms with Crippen LogP contribution >= 0.6 is 15.9 Å². The fourth-order valence-electron chi connectivity index (χ4n) is 0.649. The van der Waals surface area contributed by atoms with Crippen molar-refractivity contribution in [2.45, 2.75) is 6.61 Å². The van der Waals surface area contributed by atoms with Gasteiger partial charge in [0.15, 0.2) is 5.43 Å². The molecular formula is C6H6BrNO2. The first-order valence-electron chi connectivity index (χ1n) is 2.72. The zero-order valence-corrected chi connectivity index (χ0v) is 6.68. The highest BCUT2D eigenvalue weighted by molar-refractivity contribution is 9.10. The Kier molecular flexibility index (Phi) is 2.24. The second kappa shape index (κ2) is 2.98. The standard InChI is InChI=1S/C6H6BrNO2/c7-6-2-5(10)1-4(3-9)8-6/h1-2,9H,3H2,(H,8,10). The number of H-pyrrole nitrogens is 1. The highest BCUT2D eigenvalue weighted by Crippen LogP contribution is 2.01. The molecule has 0 aromatic carbocycles. The molecule has 2 N–H and O–H groups in total. The molecule has 0 amide bonds. The van der Waals surface area contributed by atoms with Gasteiger partial charge in [-0.2, -0.15) is 0 Å². The van der Waals surface area contributed by atoms with Crippen molar-refractivity contribution in [1.29, 1.82) is 0 Å². The van der Waals surface area contributed by atoms with Crippen molar-refractivity contribution in [1.82, 2.24) is 4.98 Å². The molecule has 0 unspecified atom stereocenters. The average molecular weight is 204 g/mol. The lowest BCUT2D eigenvalue weighted by molar-refractivity contribution is 0.276. The molecule has 0 aliphatic carbocycles. The minimum absolute atomic E-state index is 0.116. The summed E-state index contributed by atoms with van der Waals surface area (Å²) in [5.41, 5.74) is 0.397. The van der Waals surface area contributed by atoms with Gasteiger partial charge in [-0.3, -0.25) is 4.79 Å². The van der Waals surface area contributed by atoms with E-state index in [4.69, 9.17) is 5.11 Å². The molecule has 0 saturated carbocycles. The van der Waals surface area contributed by atoms with Crippen LogP contribution in [0.15, 0.2) is 21.5 Å². The van der Waals surface area contributed by atoms with Crippen molar-refractivity contribution < 1.29 is 5.11 Å². The highest BCUT2D eigenvalue weighted by Gasteiger charge is 1.93. The maximum Gasteiger partial charge on any atom is 0.183 e. The molecule has 0 bridgehead atoms. The van der Waals surface area contributed by atoms with Gasteiger partial charge in [0.2, 0.25) is 0 Å². The predicted octanol–water partition coefficient (Wildman–Crippen LogP) is 0.630. The number of pyridine rings is 1. The lowest BCUT2D eigenvalue weighted by Crippen LogP contribution is -2.02. The summed E-state index contributed by atoms with van der Waals surface area (Å²) < 4.78 is 0.587. The molecule has 0 radical (unpaired) electrons. The molecule has 4 heteroatoms. The van der Waals surface area contributed by atoms with E-state index >= 15 is 0 Å². The Morgan fingerprint density at radius 2 is 2.30 bits per heavy atom. The van der Waals surface area contributed by atoms with Crippen LogP contribution in [0.1, 0.15) is 5.69 Å². The number of rotatable bonds is 1. The molecule has 0 saturated heterocycles. The van der Waals surface area contributed by atoms with Gasteiger partial charge < -0.3 is 10.1 Å². The first kappa shape index (κ1) is 7.50. The van der Waals surface area contributed by atoms with Crippen molar-refractivity contribution in [2.24, 2.45) is 0 Å². The average Bonchev–Trinajstić information content (AvgIpc) is 1.85. The van der Waals surface area contributed by atoms with Gasteiger partial charge in [0.25, 0.3) is 0 Å². The zero-order valence-electron chi connectivity index (χ0n) is 5.10. The Bertz CT molecular complexity index is 281. The number of aliphatic hydroxyl groups is 1. The van der Waals surface area contributed by atoms with Crippen molar-refractivity contribution in [2.75, 3.05) is 0 Å². The smallest absolute Gasteiger partial charge is 0.183 e. The molecule has 0 atom stereocenters. The normalized spacial score (nSPS) is 9.80. The van der Waals surface area contributed by atoms with Crippen LogP contribution in [0.4, 0.5) is 0 Å². The van der Waals surface area contributed by atoms with E-state index in [-0.39, 0.29) is 12.0 Å². The molecular weight excluding hydrogens is 198 g/mol. The van der Waals surface area contributed by atoms with Gasteiger partial charge in [-0.25, -0.2) is 0 Å². The van der Waals surface area contributed by atoms with E-state index < -0.39 is 0 Å². The number of aromatic amines is 1. The van der Waals surface area contributed by atoms with Gasteiger partial charge in [0.1, 0.15) is 0 Å². The SMILES string of the molecule is O=c1cc(Br)[nH]c(CO)c1. The first-order valence-corrected chi connectivity index (χ1v) is 3.51. The van der Waals surface area contributed by atoms with Crippen LogP contribution in [0.5, 0.6) is 0 Å². The summed E-state index contributed by atoms with van der Waals surface area (Å²) in [6.07, 6.45) is 0. The molecule has 1 aromatic heterocycles. The monoisotopic (exact) mass is 203 g/mol. The minimum Gasteiger partial charge on any atom is -0.390 e. The molecule has 3 nitrogen and oxygen atoms in total. The maximum atomic E-state index is 10.7. The summed E-state index contributed by atoms with van der Waals surface area (Å²) in [5.74, 6) is 0. The Morgan fingerprint density at radius 1 is 1.60 bits per heavy atom. The number of hydrogen-bond donors (Lipinski definition) is 2. The third-order valence-corrected chi connectivity index (χ3v) is 1.46. The van der Waals surface area contributed by atoms with E-state index in [1.165, 1.54) is 12.1 Å². The second-order valence-corrected chi connectivity index (χ2v) is 2.70. The van der Waals surface area contributed by atoms with Gasteiger partial charge in [0, 0.05) is 17.8 Å². The summed E-state index contributed by atoms with van der Waals surface area (Å²) in [5, 5.41) is 8.60. The van der Waals surface area contributed by atoms with Crippen LogP contribution in [-0.2, 0) is 6.61 Å². The van der Waals surface area contributed by atoms with Crippen LogP contribution < -0.4 is 5.43 Å². The zero-order chi connectivity index (χ0) is 7.56. The van der Waals surface area contributed by atoms with Gasteiger partial charge in [-0.15, -0.1) is 0 Å². The van der Waals surface area contributed by atoms with Crippen LogP contribution in [0.2, 0.25) is 0 Å². The first-order chi connectivity index (χ1) is 4.72. The lowest BCUT2D eigenvalue weighted by Gasteiger charge is -1.95. The molecule has 10 heavy (non-hydrogen) atoms. The summed E-state index contributed by atoms with van der Waals surface area (Å²) in [4.78, 5) is 13.5. The molecule has 1 heterocycles. The third kappa shape index (κ3) is 1.68. The number of aromatic nitrogens is 1. The van der Waals surface area contributed by atoms with E-state index in [0.29, 0.717) is 10.3 Å². The number of nitrogens with one attached hydrogen (secondary N) is 1. The van der Waals surface area contributed by atoms with Crippen LogP contribution in [0, 0.1) is 0 Å². The maximum absolute atomic E-state index is 10.7. The van der Waals surface area contributed by atoms with Crippen molar-refractivity contribution in [3.8, 4) is 0 Å². The summed E-state index contributed by atoms with van der Waals surface area (Å²) in [6.45, 7) is -0.144. The van der Waals surface area contributed by atoms with Gasteiger partial charge in [-0.1, -0.05) is 0 Å². The Morgan fingerprint density at radius 3 is 2.80 bits per heavy atom. The highest BCUT2D eigenvalue weighted by atomic mass is 79.9. The molecule has 1 rings (SSSR count). The van der Waals surface area contributed by atoms with Crippen molar-refractivity contribution in [3.05, 3.63) is 32.7 Å². The van der Waals surface area contributed by atoms with E-state index in [0.717, 1.165) is 0 Å². The second-order valence-electron chi connectivity index (χ2n) is 1.85. The lowest BCUT2D eigenvalue weighted by atomic mass is 10.4. The molecule has 0 aliphatic rings. The van der Waals surface area contributed by atoms with Crippen LogP contribution in [-0.4, -0.2) is 10.1 Å². The van der Waals surface area contributed by atoms with Crippen molar-refractivity contribution >= 4 is 15.9 Å². The van der Waals surface area contributed by atoms with Crippen molar-refractivity contribution in [3.63, 3.8) is 0 Å². The van der Waals surface area contributed by atoms with E-state index in [1.807, 2.05) is 0 Å². The minimum atomic E-state index is -0.144. The number of hydrogen-bond acceptors (Lipinski definition) is 2. The third-order valence-electron chi connectivity index (χ3n) is 1.04. The fraction of sp³-hybridized carbons (Fsp3) is 0.167. The van der Waals surface area contributed by atoms with E-state index in [2.05, 4.69) is 20.9 Å². The molecule has 54 valence electrons. The Hall–Kier alpha value is -0.610. The molecule has 1 aromatic rings. The molecule has 0 fully saturated rings. The summed E-state index contributed by atoms with van der Waals surface area (Å²) >= 11 is 3.09. The quantitative estimate of drug-likeness (QED) is 0.659. The molecule has 0 aliphatic heterocycles. The number of halogens is 1. The van der Waals surface area contributed by atoms with Gasteiger partial charge in [0.05, 0.1) is 11.2 Å². The van der Waals surface area contributed by atoms with Gasteiger partial charge in [-0.05, 0) is 15.9 Å². The Balaban J connectivity index is 3.19. The topological polar surface area (TPSA) is 53.1 Å². The summed E-state index contributed by atoms with van der Waals surface area (Å²) in [7, 11) is 0. The van der Waals surface area contributed by atoms with Crippen LogP contribution in [0.25, 0.3) is 0 Å². The number of aliphatic hydroxyl groups excluding tert-OH is 1. The largest absolute Gasteiger partial charge is 0.390 e. The van der Waals surface area contributed by atoms with Crippen LogP contribution in [0.3, 0.4) is 0 Å². The Labute approximate surface area is 65.8 Å². The fourth-order valence-corrected chi connectivity index (χ4v) is 1.13. The molecule has 0 spiro atoms. The van der Waals surface area contributed by atoms with E-state index in [1.54, 1.807) is 0 Å². The summed E-state index contributed by atoms with van der Waals surface area (Å²) in [6, 6.07) is 2.75. The predicted molar refractivity (Wildman–Crippen MR) is 40.7 cm³/mol. The van der Waals surface area contributed by atoms with Gasteiger partial charge >= 0.3 is 0 Å².